The average molecular weight is 459 g/mol. The lowest BCUT2D eigenvalue weighted by atomic mass is 10.2. The van der Waals surface area contributed by atoms with Crippen LogP contribution in [0.5, 0.6) is 17.4 Å². The van der Waals surface area contributed by atoms with Crippen molar-refractivity contribution in [2.75, 3.05) is 13.7 Å². The average Bonchev–Trinajstić information content (AvgIpc) is 2.52. The number of nitro groups is 1. The molecule has 25 heavy (non-hydrogen) atoms. The number of hydrogen-bond donors (Lipinski definition) is 2. The third-order valence-electron chi connectivity index (χ3n) is 3.05. The van der Waals surface area contributed by atoms with Crippen LogP contribution in [0.1, 0.15) is 18.3 Å². The van der Waals surface area contributed by atoms with Crippen molar-refractivity contribution in [3.63, 3.8) is 0 Å². The van der Waals surface area contributed by atoms with E-state index < -0.39 is 22.0 Å². The van der Waals surface area contributed by atoms with Crippen molar-refractivity contribution in [2.24, 2.45) is 0 Å². The van der Waals surface area contributed by atoms with Crippen LogP contribution >= 0.6 is 22.6 Å². The van der Waals surface area contributed by atoms with Gasteiger partial charge in [-0.05, 0) is 53.3 Å². The standard InChI is InChI=1S/C15H14IN3O6/c1-3-25-10-7-8(6-9(16)13(10)24-2)4-5-11-17-14(20)12(19(22)23)15(21)18-11/h4-7H,3H2,1-2H3,(H2,17,18,20,21)/b5-4+. The number of benzene rings is 1. The molecule has 1 aromatic heterocycles. The smallest absolute Gasteiger partial charge is 0.395 e. The van der Waals surface area contributed by atoms with Crippen molar-refractivity contribution < 1.29 is 19.5 Å². The van der Waals surface area contributed by atoms with E-state index in [4.69, 9.17) is 9.47 Å². The SMILES string of the molecule is CCOc1cc(/C=C/c2nc(O)c([N+](=O)[O-])c(=O)[nH]2)cc(I)c1OC. The molecule has 0 aliphatic carbocycles. The first-order valence-corrected chi connectivity index (χ1v) is 8.11. The van der Waals surface area contributed by atoms with Gasteiger partial charge in [0.1, 0.15) is 5.82 Å². The molecule has 0 aliphatic heterocycles. The Morgan fingerprint density at radius 2 is 2.16 bits per heavy atom. The number of halogens is 1. The minimum Gasteiger partial charge on any atom is -0.492 e. The molecule has 0 aliphatic rings. The molecule has 0 unspecified atom stereocenters. The summed E-state index contributed by atoms with van der Waals surface area (Å²) in [6.45, 7) is 2.31. The van der Waals surface area contributed by atoms with E-state index in [1.807, 2.05) is 13.0 Å². The minimum absolute atomic E-state index is 0.0168. The largest absolute Gasteiger partial charge is 0.492 e. The van der Waals surface area contributed by atoms with Crippen LogP contribution in [0.4, 0.5) is 5.69 Å². The van der Waals surface area contributed by atoms with E-state index >= 15 is 0 Å². The van der Waals surface area contributed by atoms with Gasteiger partial charge >= 0.3 is 11.2 Å². The highest BCUT2D eigenvalue weighted by atomic mass is 127. The van der Waals surface area contributed by atoms with Crippen molar-refractivity contribution in [2.45, 2.75) is 6.92 Å². The van der Waals surface area contributed by atoms with Crippen LogP contribution in [0.3, 0.4) is 0 Å². The lowest BCUT2D eigenvalue weighted by molar-refractivity contribution is -0.387. The summed E-state index contributed by atoms with van der Waals surface area (Å²) < 4.78 is 11.6. The second-order valence-corrected chi connectivity index (χ2v) is 5.84. The summed E-state index contributed by atoms with van der Waals surface area (Å²) in [6, 6.07) is 3.56. The maximum Gasteiger partial charge on any atom is 0.395 e. The van der Waals surface area contributed by atoms with Gasteiger partial charge in [-0.25, -0.2) is 0 Å². The molecule has 1 heterocycles. The maximum absolute atomic E-state index is 11.6. The number of aromatic hydroxyl groups is 1. The molecule has 0 fully saturated rings. The Morgan fingerprint density at radius 1 is 1.44 bits per heavy atom. The molecule has 10 heteroatoms. The number of rotatable bonds is 6. The highest BCUT2D eigenvalue weighted by molar-refractivity contribution is 14.1. The maximum atomic E-state index is 11.6. The molecule has 2 rings (SSSR count). The van der Waals surface area contributed by atoms with Gasteiger partial charge < -0.3 is 19.6 Å². The summed E-state index contributed by atoms with van der Waals surface area (Å²) >= 11 is 2.10. The molecular formula is C15H14IN3O6. The molecule has 0 amide bonds. The second kappa shape index (κ2) is 7.96. The molecule has 0 bridgehead atoms. The molecule has 0 saturated carbocycles. The summed E-state index contributed by atoms with van der Waals surface area (Å²) in [7, 11) is 1.55. The fourth-order valence-electron chi connectivity index (χ4n) is 2.04. The highest BCUT2D eigenvalue weighted by Gasteiger charge is 2.21. The second-order valence-electron chi connectivity index (χ2n) is 4.68. The van der Waals surface area contributed by atoms with Crippen LogP contribution in [-0.4, -0.2) is 33.7 Å². The van der Waals surface area contributed by atoms with Crippen molar-refractivity contribution in [1.82, 2.24) is 9.97 Å². The first kappa shape index (κ1) is 18.7. The van der Waals surface area contributed by atoms with Crippen LogP contribution in [0.15, 0.2) is 16.9 Å². The van der Waals surface area contributed by atoms with Gasteiger partial charge in [0.2, 0.25) is 0 Å². The van der Waals surface area contributed by atoms with Crippen LogP contribution in [0.25, 0.3) is 12.2 Å². The van der Waals surface area contributed by atoms with Crippen molar-refractivity contribution in [1.29, 1.82) is 0 Å². The third-order valence-corrected chi connectivity index (χ3v) is 3.85. The van der Waals surface area contributed by atoms with Crippen LogP contribution < -0.4 is 15.0 Å². The number of nitrogens with one attached hydrogen (secondary N) is 1. The zero-order valence-corrected chi connectivity index (χ0v) is 15.4. The van der Waals surface area contributed by atoms with Crippen molar-refractivity contribution in [3.8, 4) is 17.4 Å². The Morgan fingerprint density at radius 3 is 2.72 bits per heavy atom. The lowest BCUT2D eigenvalue weighted by Gasteiger charge is -2.12. The van der Waals surface area contributed by atoms with E-state index in [0.29, 0.717) is 18.1 Å². The number of aromatic nitrogens is 2. The fourth-order valence-corrected chi connectivity index (χ4v) is 2.88. The van der Waals surface area contributed by atoms with Crippen LogP contribution in [0.2, 0.25) is 0 Å². The number of H-pyrrole nitrogens is 1. The fraction of sp³-hybridized carbons (Fsp3) is 0.200. The first-order valence-electron chi connectivity index (χ1n) is 7.03. The first-order chi connectivity index (χ1) is 11.9. The molecular weight excluding hydrogens is 445 g/mol. The third kappa shape index (κ3) is 4.26. The Hall–Kier alpha value is -2.63. The van der Waals surface area contributed by atoms with E-state index in [-0.39, 0.29) is 5.82 Å². The molecule has 0 radical (unpaired) electrons. The summed E-state index contributed by atoms with van der Waals surface area (Å²) in [6.07, 6.45) is 3.03. The summed E-state index contributed by atoms with van der Waals surface area (Å²) in [5.74, 6) is 0.216. The molecule has 0 atom stereocenters. The minimum atomic E-state index is -1.03. The van der Waals surface area contributed by atoms with E-state index in [0.717, 1.165) is 9.13 Å². The van der Waals surface area contributed by atoms with Gasteiger partial charge in [0, 0.05) is 0 Å². The van der Waals surface area contributed by atoms with Gasteiger partial charge in [0.15, 0.2) is 11.5 Å². The Labute approximate surface area is 155 Å². The zero-order chi connectivity index (χ0) is 18.6. The van der Waals surface area contributed by atoms with Gasteiger partial charge in [0.25, 0.3) is 5.88 Å². The van der Waals surface area contributed by atoms with Crippen molar-refractivity contribution >= 4 is 40.4 Å². The quantitative estimate of drug-likeness (QED) is 0.386. The Kier molecular flexibility index (Phi) is 5.96. The Balaban J connectivity index is 2.40. The van der Waals surface area contributed by atoms with Gasteiger partial charge in [0.05, 0.1) is 22.2 Å². The number of hydrogen-bond acceptors (Lipinski definition) is 7. The van der Waals surface area contributed by atoms with Crippen LogP contribution in [0, 0.1) is 13.7 Å². The zero-order valence-electron chi connectivity index (χ0n) is 13.3. The molecule has 0 spiro atoms. The number of nitrogens with zero attached hydrogens (tertiary/aromatic N) is 2. The number of ether oxygens (including phenoxy) is 2. The molecule has 9 nitrogen and oxygen atoms in total. The molecule has 0 saturated heterocycles. The molecule has 132 valence electrons. The van der Waals surface area contributed by atoms with Gasteiger partial charge in [-0.2, -0.15) is 4.98 Å². The van der Waals surface area contributed by atoms with E-state index in [9.17, 15) is 20.0 Å². The number of aromatic amines is 1. The Bertz CT molecular complexity index is 894. The van der Waals surface area contributed by atoms with Gasteiger partial charge in [-0.1, -0.05) is 6.08 Å². The molecule has 1 aromatic carbocycles. The normalized spacial score (nSPS) is 10.8. The van der Waals surface area contributed by atoms with Gasteiger partial charge in [-0.3, -0.25) is 14.9 Å². The summed E-state index contributed by atoms with van der Waals surface area (Å²) in [4.78, 5) is 27.1. The monoisotopic (exact) mass is 459 g/mol. The van der Waals surface area contributed by atoms with Gasteiger partial charge in [-0.15, -0.1) is 0 Å². The van der Waals surface area contributed by atoms with E-state index in [1.165, 1.54) is 6.08 Å². The molecule has 2 aromatic rings. The molecule has 2 N–H and O–H groups in total. The lowest BCUT2D eigenvalue weighted by Crippen LogP contribution is -2.14. The predicted octanol–water partition coefficient (Wildman–Crippen LogP) is 2.57. The topological polar surface area (TPSA) is 128 Å². The summed E-state index contributed by atoms with van der Waals surface area (Å²) in [5, 5.41) is 20.2. The van der Waals surface area contributed by atoms with Crippen LogP contribution in [-0.2, 0) is 0 Å². The van der Waals surface area contributed by atoms with E-state index in [1.54, 1.807) is 19.3 Å². The summed E-state index contributed by atoms with van der Waals surface area (Å²) in [5.41, 5.74) is -1.29. The predicted molar refractivity (Wildman–Crippen MR) is 99.0 cm³/mol. The van der Waals surface area contributed by atoms with Crippen molar-refractivity contribution in [3.05, 3.63) is 47.6 Å². The highest BCUT2D eigenvalue weighted by Crippen LogP contribution is 2.34. The van der Waals surface area contributed by atoms with E-state index in [2.05, 4.69) is 32.6 Å². The number of methoxy groups -OCH3 is 1.